The van der Waals surface area contributed by atoms with Gasteiger partial charge in [-0.05, 0) is 30.9 Å². The summed E-state index contributed by atoms with van der Waals surface area (Å²) in [6.45, 7) is 0.432. The van der Waals surface area contributed by atoms with Gasteiger partial charge in [-0.1, -0.05) is 0 Å². The molecule has 18 heavy (non-hydrogen) atoms. The van der Waals surface area contributed by atoms with Gasteiger partial charge in [0.25, 0.3) is 11.5 Å². The molecule has 1 fully saturated rings. The number of nitrogens with zero attached hydrogens (tertiary/aromatic N) is 1. The van der Waals surface area contributed by atoms with Gasteiger partial charge in [0, 0.05) is 25.8 Å². The molecule has 5 nitrogen and oxygen atoms in total. The van der Waals surface area contributed by atoms with E-state index in [-0.39, 0.29) is 35.5 Å². The Morgan fingerprint density at radius 2 is 2.28 bits per heavy atom. The smallest absolute Gasteiger partial charge is 0.263 e. The monoisotopic (exact) mass is 271 g/mol. The molecule has 1 atom stereocenters. The van der Waals surface area contributed by atoms with E-state index >= 15 is 0 Å². The Kier molecular flexibility index (Phi) is 4.93. The summed E-state index contributed by atoms with van der Waals surface area (Å²) in [5.74, 6) is 0.191. The maximum Gasteiger partial charge on any atom is 0.263 e. The number of amides is 1. The number of aryl methyl sites for hydroxylation is 1. The molecule has 6 heteroatoms. The van der Waals surface area contributed by atoms with Crippen LogP contribution < -0.4 is 16.6 Å². The summed E-state index contributed by atoms with van der Waals surface area (Å²) in [7, 11) is 1.62. The fourth-order valence-electron chi connectivity index (χ4n) is 1.77. The second-order valence-electron chi connectivity index (χ2n) is 4.55. The van der Waals surface area contributed by atoms with Gasteiger partial charge in [0.2, 0.25) is 0 Å². The number of hydrogen-bond acceptors (Lipinski definition) is 3. The highest BCUT2D eigenvalue weighted by molar-refractivity contribution is 5.93. The second kappa shape index (κ2) is 6.02. The first-order valence-electron chi connectivity index (χ1n) is 5.79. The third-order valence-corrected chi connectivity index (χ3v) is 3.09. The summed E-state index contributed by atoms with van der Waals surface area (Å²) in [6.07, 6.45) is 3.91. The Labute approximate surface area is 112 Å². The normalized spacial score (nSPS) is 15.7. The Morgan fingerprint density at radius 1 is 1.61 bits per heavy atom. The van der Waals surface area contributed by atoms with Crippen molar-refractivity contribution in [1.29, 1.82) is 0 Å². The molecule has 1 heterocycles. The minimum absolute atomic E-state index is 0. The SMILES string of the molecule is Cl.Cn1cccc(C(=O)NCC(N)C2CC2)c1=O. The molecule has 0 aliphatic heterocycles. The average molecular weight is 272 g/mol. The molecule has 0 spiro atoms. The molecule has 1 aliphatic rings. The molecule has 1 aromatic rings. The third kappa shape index (κ3) is 3.34. The standard InChI is InChI=1S/C12H17N3O2.ClH/c1-15-6-2-3-9(12(15)17)11(16)14-7-10(13)8-4-5-8;/h2-3,6,8,10H,4-5,7,13H2,1H3,(H,14,16);1H. The van der Waals surface area contributed by atoms with Gasteiger partial charge >= 0.3 is 0 Å². The second-order valence-corrected chi connectivity index (χ2v) is 4.55. The lowest BCUT2D eigenvalue weighted by Crippen LogP contribution is -2.40. The highest BCUT2D eigenvalue weighted by atomic mass is 35.5. The molecule has 0 radical (unpaired) electrons. The molecule has 1 unspecified atom stereocenters. The first kappa shape index (κ1) is 14.7. The lowest BCUT2D eigenvalue weighted by molar-refractivity contribution is 0.0948. The fourth-order valence-corrected chi connectivity index (χ4v) is 1.77. The predicted octanol–water partition coefficient (Wildman–Crippen LogP) is 0.274. The summed E-state index contributed by atoms with van der Waals surface area (Å²) in [6, 6.07) is 3.21. The maximum atomic E-state index is 11.8. The lowest BCUT2D eigenvalue weighted by atomic mass is 10.2. The van der Waals surface area contributed by atoms with Gasteiger partial charge < -0.3 is 15.6 Å². The van der Waals surface area contributed by atoms with E-state index < -0.39 is 0 Å². The van der Waals surface area contributed by atoms with E-state index in [9.17, 15) is 9.59 Å². The van der Waals surface area contributed by atoms with E-state index in [0.717, 1.165) is 12.8 Å². The summed E-state index contributed by atoms with van der Waals surface area (Å²) >= 11 is 0. The zero-order valence-electron chi connectivity index (χ0n) is 10.3. The van der Waals surface area contributed by atoms with Crippen LogP contribution in [0.25, 0.3) is 0 Å². The van der Waals surface area contributed by atoms with Crippen LogP contribution in [0, 0.1) is 5.92 Å². The van der Waals surface area contributed by atoms with Crippen molar-refractivity contribution in [3.8, 4) is 0 Å². The Morgan fingerprint density at radius 3 is 2.89 bits per heavy atom. The number of rotatable bonds is 4. The van der Waals surface area contributed by atoms with Crippen molar-refractivity contribution in [3.05, 3.63) is 34.2 Å². The topological polar surface area (TPSA) is 77.1 Å². The van der Waals surface area contributed by atoms with E-state index in [0.29, 0.717) is 12.5 Å². The van der Waals surface area contributed by atoms with Gasteiger partial charge in [-0.15, -0.1) is 12.4 Å². The predicted molar refractivity (Wildman–Crippen MR) is 72.0 cm³/mol. The van der Waals surface area contributed by atoms with Crippen molar-refractivity contribution in [2.45, 2.75) is 18.9 Å². The number of aromatic nitrogens is 1. The van der Waals surface area contributed by atoms with Gasteiger partial charge in [-0.3, -0.25) is 9.59 Å². The van der Waals surface area contributed by atoms with Crippen LogP contribution >= 0.6 is 12.4 Å². The summed E-state index contributed by atoms with van der Waals surface area (Å²) in [4.78, 5) is 23.5. The zero-order valence-corrected chi connectivity index (χ0v) is 11.1. The van der Waals surface area contributed by atoms with E-state index in [1.54, 1.807) is 19.3 Å². The number of carbonyl (C=O) groups is 1. The van der Waals surface area contributed by atoms with Crippen LogP contribution in [0.2, 0.25) is 0 Å². The molecule has 3 N–H and O–H groups in total. The number of pyridine rings is 1. The van der Waals surface area contributed by atoms with Gasteiger partial charge in [-0.2, -0.15) is 0 Å². The molecule has 100 valence electrons. The van der Waals surface area contributed by atoms with Gasteiger partial charge in [0.15, 0.2) is 0 Å². The first-order valence-corrected chi connectivity index (χ1v) is 5.79. The van der Waals surface area contributed by atoms with Crippen molar-refractivity contribution in [2.24, 2.45) is 18.7 Å². The molecule has 1 saturated carbocycles. The van der Waals surface area contributed by atoms with Crippen LogP contribution in [0.5, 0.6) is 0 Å². The molecule has 0 saturated heterocycles. The largest absolute Gasteiger partial charge is 0.350 e. The quantitative estimate of drug-likeness (QED) is 0.825. The van der Waals surface area contributed by atoms with E-state index in [2.05, 4.69) is 5.32 Å². The number of carbonyl (C=O) groups excluding carboxylic acids is 1. The van der Waals surface area contributed by atoms with Crippen LogP contribution in [-0.4, -0.2) is 23.1 Å². The first-order chi connectivity index (χ1) is 8.09. The van der Waals surface area contributed by atoms with Crippen molar-refractivity contribution >= 4 is 18.3 Å². The van der Waals surface area contributed by atoms with Crippen LogP contribution in [0.3, 0.4) is 0 Å². The van der Waals surface area contributed by atoms with Crippen molar-refractivity contribution in [3.63, 3.8) is 0 Å². The third-order valence-electron chi connectivity index (χ3n) is 3.09. The molecule has 1 aromatic heterocycles. The van der Waals surface area contributed by atoms with Crippen LogP contribution in [0.1, 0.15) is 23.2 Å². The molecule has 1 aliphatic carbocycles. The van der Waals surface area contributed by atoms with Crippen molar-refractivity contribution < 1.29 is 4.79 Å². The van der Waals surface area contributed by atoms with E-state index in [1.165, 1.54) is 10.6 Å². The van der Waals surface area contributed by atoms with Gasteiger partial charge in [0.1, 0.15) is 5.56 Å². The average Bonchev–Trinajstić information content (AvgIpc) is 3.13. The number of nitrogens with two attached hydrogens (primary N) is 1. The van der Waals surface area contributed by atoms with Crippen molar-refractivity contribution in [2.75, 3.05) is 6.54 Å². The van der Waals surface area contributed by atoms with E-state index in [1.807, 2.05) is 0 Å². The maximum absolute atomic E-state index is 11.8. The number of nitrogens with one attached hydrogen (secondary N) is 1. The summed E-state index contributed by atoms with van der Waals surface area (Å²) < 4.78 is 1.38. The number of halogens is 1. The highest BCUT2D eigenvalue weighted by Gasteiger charge is 2.28. The molecular weight excluding hydrogens is 254 g/mol. The molecule has 0 aromatic carbocycles. The summed E-state index contributed by atoms with van der Waals surface area (Å²) in [5, 5.41) is 2.71. The fraction of sp³-hybridized carbons (Fsp3) is 0.500. The van der Waals surface area contributed by atoms with Gasteiger partial charge in [0.05, 0.1) is 0 Å². The minimum Gasteiger partial charge on any atom is -0.350 e. The number of hydrogen-bond donors (Lipinski definition) is 2. The minimum atomic E-state index is -0.345. The van der Waals surface area contributed by atoms with Gasteiger partial charge in [-0.25, -0.2) is 0 Å². The van der Waals surface area contributed by atoms with Crippen LogP contribution in [0.4, 0.5) is 0 Å². The Bertz CT molecular complexity index is 482. The van der Waals surface area contributed by atoms with Crippen LogP contribution in [-0.2, 0) is 7.05 Å². The molecular formula is C12H18ClN3O2. The molecule has 1 amide bonds. The van der Waals surface area contributed by atoms with Crippen LogP contribution in [0.15, 0.2) is 23.1 Å². The Hall–Kier alpha value is -1.33. The Balaban J connectivity index is 0.00000162. The van der Waals surface area contributed by atoms with Crippen molar-refractivity contribution in [1.82, 2.24) is 9.88 Å². The molecule has 2 rings (SSSR count). The molecule has 0 bridgehead atoms. The summed E-state index contributed by atoms with van der Waals surface area (Å²) in [5.41, 5.74) is 5.75. The highest BCUT2D eigenvalue weighted by Crippen LogP contribution is 2.31. The lowest BCUT2D eigenvalue weighted by Gasteiger charge is -2.11. The van der Waals surface area contributed by atoms with E-state index in [4.69, 9.17) is 5.73 Å². The zero-order chi connectivity index (χ0) is 12.4.